The minimum atomic E-state index is -0.474. The van der Waals surface area contributed by atoms with Gasteiger partial charge in [-0.05, 0) is 38.8 Å². The largest absolute Gasteiger partial charge is 0.444 e. The molecule has 1 atom stereocenters. The normalized spacial score (nSPS) is 13.3. The molecular weight excluding hydrogens is 308 g/mol. The van der Waals surface area contributed by atoms with Gasteiger partial charge in [0, 0.05) is 24.0 Å². The minimum absolute atomic E-state index is 0.179. The number of carbonyl (C=O) groups excluding carboxylic acids is 1. The van der Waals surface area contributed by atoms with Crippen LogP contribution in [-0.2, 0) is 11.3 Å². The van der Waals surface area contributed by atoms with Gasteiger partial charge in [0.15, 0.2) is 0 Å². The average Bonchev–Trinajstić information content (AvgIpc) is 2.72. The molecule has 1 heterocycles. The minimum Gasteiger partial charge on any atom is -0.444 e. The third-order valence-corrected chi connectivity index (χ3v) is 4.07. The summed E-state index contributed by atoms with van der Waals surface area (Å²) in [6.07, 6.45) is -0.380. The fraction of sp³-hybridized carbons (Fsp3) is 0.667. The molecule has 1 amide bonds. The molecular formula is C15H25ClN2O2S. The van der Waals surface area contributed by atoms with Crippen LogP contribution in [0, 0.1) is 5.92 Å². The lowest BCUT2D eigenvalue weighted by atomic mass is 10.0. The molecule has 0 spiro atoms. The van der Waals surface area contributed by atoms with Crippen molar-refractivity contribution in [2.45, 2.75) is 52.8 Å². The van der Waals surface area contributed by atoms with Crippen LogP contribution in [0.4, 0.5) is 4.79 Å². The first-order valence-electron chi connectivity index (χ1n) is 7.12. The molecule has 0 aliphatic carbocycles. The summed E-state index contributed by atoms with van der Waals surface area (Å²) in [5.41, 5.74) is -0.474. The van der Waals surface area contributed by atoms with Gasteiger partial charge < -0.3 is 15.4 Å². The van der Waals surface area contributed by atoms with Crippen molar-refractivity contribution in [2.75, 3.05) is 6.54 Å². The number of rotatable bonds is 6. The molecule has 0 radical (unpaired) electrons. The first kappa shape index (κ1) is 18.3. The van der Waals surface area contributed by atoms with Crippen LogP contribution in [0.2, 0.25) is 4.34 Å². The number of thiophene rings is 1. The van der Waals surface area contributed by atoms with Gasteiger partial charge in [-0.1, -0.05) is 25.4 Å². The van der Waals surface area contributed by atoms with Crippen LogP contribution in [0.15, 0.2) is 12.1 Å². The lowest BCUT2D eigenvalue weighted by molar-refractivity contribution is 0.0519. The van der Waals surface area contributed by atoms with Crippen LogP contribution in [0.1, 0.15) is 39.5 Å². The van der Waals surface area contributed by atoms with Crippen molar-refractivity contribution >= 4 is 29.0 Å². The molecule has 2 N–H and O–H groups in total. The van der Waals surface area contributed by atoms with Crippen LogP contribution >= 0.6 is 22.9 Å². The van der Waals surface area contributed by atoms with Gasteiger partial charge in [-0.3, -0.25) is 0 Å². The maximum Gasteiger partial charge on any atom is 0.407 e. The second-order valence-electron chi connectivity index (χ2n) is 6.32. The van der Waals surface area contributed by atoms with Gasteiger partial charge in [-0.25, -0.2) is 4.79 Å². The quantitative estimate of drug-likeness (QED) is 0.826. The molecule has 0 bridgehead atoms. The van der Waals surface area contributed by atoms with Crippen LogP contribution < -0.4 is 10.6 Å². The van der Waals surface area contributed by atoms with Gasteiger partial charge in [0.05, 0.1) is 4.34 Å². The molecule has 0 saturated carbocycles. The summed E-state index contributed by atoms with van der Waals surface area (Å²) in [5, 5.41) is 6.26. The van der Waals surface area contributed by atoms with E-state index in [-0.39, 0.29) is 12.1 Å². The van der Waals surface area contributed by atoms with Crippen molar-refractivity contribution in [3.05, 3.63) is 21.3 Å². The van der Waals surface area contributed by atoms with Crippen LogP contribution in [0.5, 0.6) is 0 Å². The maximum absolute atomic E-state index is 11.7. The predicted molar refractivity (Wildman–Crippen MR) is 89.0 cm³/mol. The number of hydrogen-bond acceptors (Lipinski definition) is 4. The summed E-state index contributed by atoms with van der Waals surface area (Å²) < 4.78 is 6.03. The molecule has 1 aromatic heterocycles. The first-order valence-corrected chi connectivity index (χ1v) is 8.31. The van der Waals surface area contributed by atoms with E-state index in [0.717, 1.165) is 10.9 Å². The summed E-state index contributed by atoms with van der Waals surface area (Å²) in [6.45, 7) is 11.1. The van der Waals surface area contributed by atoms with Crippen molar-refractivity contribution in [1.82, 2.24) is 10.6 Å². The maximum atomic E-state index is 11.7. The Morgan fingerprint density at radius 1 is 1.38 bits per heavy atom. The van der Waals surface area contributed by atoms with Gasteiger partial charge in [0.1, 0.15) is 5.60 Å². The smallest absolute Gasteiger partial charge is 0.407 e. The Labute approximate surface area is 136 Å². The zero-order valence-corrected chi connectivity index (χ0v) is 14.9. The highest BCUT2D eigenvalue weighted by molar-refractivity contribution is 7.16. The molecule has 21 heavy (non-hydrogen) atoms. The Bertz CT molecular complexity index is 455. The Morgan fingerprint density at radius 3 is 2.52 bits per heavy atom. The Hall–Kier alpha value is -0.780. The number of nitrogens with one attached hydrogen (secondary N) is 2. The van der Waals surface area contributed by atoms with E-state index in [0.29, 0.717) is 12.5 Å². The number of ether oxygens (including phenoxy) is 1. The highest BCUT2D eigenvalue weighted by Gasteiger charge is 2.18. The molecule has 0 aliphatic rings. The molecule has 1 rings (SSSR count). The number of carbonyl (C=O) groups is 1. The summed E-state index contributed by atoms with van der Waals surface area (Å²) in [7, 11) is 0. The highest BCUT2D eigenvalue weighted by Crippen LogP contribution is 2.21. The van der Waals surface area contributed by atoms with Crippen LogP contribution in [0.25, 0.3) is 0 Å². The van der Waals surface area contributed by atoms with Crippen molar-refractivity contribution in [3.63, 3.8) is 0 Å². The second-order valence-corrected chi connectivity index (χ2v) is 8.12. The molecule has 4 nitrogen and oxygen atoms in total. The third kappa shape index (κ3) is 7.69. The van der Waals surface area contributed by atoms with E-state index in [1.165, 1.54) is 4.88 Å². The molecule has 1 aromatic rings. The van der Waals surface area contributed by atoms with Gasteiger partial charge in [-0.15, -0.1) is 11.3 Å². The fourth-order valence-corrected chi connectivity index (χ4v) is 2.77. The first-order chi connectivity index (χ1) is 9.67. The number of amides is 1. The summed E-state index contributed by atoms with van der Waals surface area (Å²) in [6, 6.07) is 4.09. The predicted octanol–water partition coefficient (Wildman–Crippen LogP) is 4.04. The Balaban J connectivity index is 2.41. The van der Waals surface area contributed by atoms with E-state index in [1.54, 1.807) is 11.3 Å². The van der Waals surface area contributed by atoms with E-state index in [4.69, 9.17) is 16.3 Å². The van der Waals surface area contributed by atoms with E-state index >= 15 is 0 Å². The lowest BCUT2D eigenvalue weighted by Crippen LogP contribution is -2.45. The number of hydrogen-bond donors (Lipinski definition) is 2. The van der Waals surface area contributed by atoms with E-state index < -0.39 is 5.60 Å². The third-order valence-electron chi connectivity index (χ3n) is 2.84. The number of alkyl carbamates (subject to hydrolysis) is 1. The SMILES string of the molecule is CC(C)C(CNC(=O)OC(C)(C)C)NCc1ccc(Cl)s1. The monoisotopic (exact) mass is 332 g/mol. The summed E-state index contributed by atoms with van der Waals surface area (Å²) in [4.78, 5) is 12.9. The molecule has 6 heteroatoms. The van der Waals surface area contributed by atoms with Crippen molar-refractivity contribution in [1.29, 1.82) is 0 Å². The van der Waals surface area contributed by atoms with E-state index in [1.807, 2.05) is 32.9 Å². The zero-order valence-electron chi connectivity index (χ0n) is 13.3. The fourth-order valence-electron chi connectivity index (χ4n) is 1.73. The Morgan fingerprint density at radius 2 is 2.05 bits per heavy atom. The van der Waals surface area contributed by atoms with Gasteiger partial charge in [0.25, 0.3) is 0 Å². The van der Waals surface area contributed by atoms with Crippen LogP contribution in [-0.4, -0.2) is 24.3 Å². The summed E-state index contributed by atoms with van der Waals surface area (Å²) >= 11 is 7.48. The molecule has 0 aromatic carbocycles. The van der Waals surface area contributed by atoms with Crippen molar-refractivity contribution in [3.8, 4) is 0 Å². The molecule has 0 aliphatic heterocycles. The van der Waals surface area contributed by atoms with Crippen LogP contribution in [0.3, 0.4) is 0 Å². The highest BCUT2D eigenvalue weighted by atomic mass is 35.5. The standard InChI is InChI=1S/C15H25ClN2O2S/c1-10(2)12(9-18-14(19)20-15(3,4)5)17-8-11-6-7-13(16)21-11/h6-7,10,12,17H,8-9H2,1-5H3,(H,18,19). The lowest BCUT2D eigenvalue weighted by Gasteiger charge is -2.24. The zero-order chi connectivity index (χ0) is 16.0. The van der Waals surface area contributed by atoms with Gasteiger partial charge in [-0.2, -0.15) is 0 Å². The van der Waals surface area contributed by atoms with Crippen molar-refractivity contribution in [2.24, 2.45) is 5.92 Å². The molecule has 1 unspecified atom stereocenters. The number of halogens is 1. The Kier molecular flexibility index (Phi) is 6.97. The van der Waals surface area contributed by atoms with E-state index in [9.17, 15) is 4.79 Å². The van der Waals surface area contributed by atoms with Gasteiger partial charge >= 0.3 is 6.09 Å². The summed E-state index contributed by atoms with van der Waals surface area (Å²) in [5.74, 6) is 0.398. The topological polar surface area (TPSA) is 50.4 Å². The van der Waals surface area contributed by atoms with Crippen molar-refractivity contribution < 1.29 is 9.53 Å². The average molecular weight is 333 g/mol. The van der Waals surface area contributed by atoms with Gasteiger partial charge in [0.2, 0.25) is 0 Å². The molecule has 0 saturated heterocycles. The van der Waals surface area contributed by atoms with E-state index in [2.05, 4.69) is 24.5 Å². The molecule has 0 fully saturated rings. The molecule has 120 valence electrons. The second kappa shape index (κ2) is 8.01.